The fourth-order valence-corrected chi connectivity index (χ4v) is 8.18. The van der Waals surface area contributed by atoms with E-state index in [-0.39, 0.29) is 49.1 Å². The van der Waals surface area contributed by atoms with E-state index >= 15 is 0 Å². The van der Waals surface area contributed by atoms with Crippen LogP contribution in [-0.4, -0.2) is 108 Å². The van der Waals surface area contributed by atoms with Crippen LogP contribution in [0.15, 0.2) is 40.9 Å². The van der Waals surface area contributed by atoms with E-state index in [0.717, 1.165) is 13.8 Å². The Hall–Kier alpha value is -3.70. The van der Waals surface area contributed by atoms with Crippen LogP contribution in [0.2, 0.25) is 0 Å². The maximum absolute atomic E-state index is 13.9. The molecule has 2 aliphatic heterocycles. The van der Waals surface area contributed by atoms with Crippen molar-refractivity contribution in [2.75, 3.05) is 40.5 Å². The number of aliphatic hydroxyl groups excluding tert-OH is 2. The summed E-state index contributed by atoms with van der Waals surface area (Å²) in [6.45, 7) is 4.90. The van der Waals surface area contributed by atoms with Gasteiger partial charge in [0, 0.05) is 32.3 Å². The number of imide groups is 1. The Morgan fingerprint density at radius 1 is 0.957 bits per heavy atom. The molecule has 6 atom stereocenters. The van der Waals surface area contributed by atoms with Crippen LogP contribution < -0.4 is 10.1 Å². The highest BCUT2D eigenvalue weighted by Gasteiger charge is 2.77. The Balaban J connectivity index is 1.73. The van der Waals surface area contributed by atoms with Gasteiger partial charge in [-0.25, -0.2) is 0 Å². The van der Waals surface area contributed by atoms with E-state index in [1.807, 2.05) is 0 Å². The van der Waals surface area contributed by atoms with E-state index in [2.05, 4.69) is 5.32 Å². The topological polar surface area (TPSA) is 200 Å². The van der Waals surface area contributed by atoms with Gasteiger partial charge in [-0.1, -0.05) is 19.1 Å². The van der Waals surface area contributed by atoms with Gasteiger partial charge in [0.1, 0.15) is 22.8 Å². The van der Waals surface area contributed by atoms with Crippen molar-refractivity contribution in [3.05, 3.63) is 52.0 Å². The SMILES string of the molecule is CC(=O)NC(=O)C1=C(OC(C)=O)[C@@H](N(C)C)[C@@H]2[C@@H](O)[C@H]3C(=C(O)[C@]2(O)C12OCCO2)C1(OCCO1)c1c(OC(C)=O)cccc1[C@@H]3C. The number of esters is 2. The minimum absolute atomic E-state index is 0.0327. The van der Waals surface area contributed by atoms with Crippen LogP contribution in [0.25, 0.3) is 0 Å². The van der Waals surface area contributed by atoms with Gasteiger partial charge in [0.2, 0.25) is 17.5 Å². The first-order valence-corrected chi connectivity index (χ1v) is 15.3. The third kappa shape index (κ3) is 4.52. The largest absolute Gasteiger partial charge is 0.509 e. The lowest BCUT2D eigenvalue weighted by molar-refractivity contribution is -0.296. The number of amides is 2. The van der Waals surface area contributed by atoms with Crippen LogP contribution in [-0.2, 0) is 48.6 Å². The molecule has 3 aliphatic carbocycles. The van der Waals surface area contributed by atoms with Crippen LogP contribution in [0.1, 0.15) is 44.7 Å². The molecule has 4 N–H and O–H groups in total. The highest BCUT2D eigenvalue weighted by molar-refractivity contribution is 6.06. The summed E-state index contributed by atoms with van der Waals surface area (Å²) in [4.78, 5) is 52.3. The quantitative estimate of drug-likeness (QED) is 0.253. The molecule has 1 aromatic rings. The second-order valence-electron chi connectivity index (χ2n) is 12.6. The molecule has 6 rings (SSSR count). The summed E-state index contributed by atoms with van der Waals surface area (Å²) in [5, 5.41) is 40.5. The Kier molecular flexibility index (Phi) is 8.11. The first-order chi connectivity index (χ1) is 22.1. The number of benzene rings is 1. The first-order valence-electron chi connectivity index (χ1n) is 15.3. The zero-order valence-corrected chi connectivity index (χ0v) is 26.8. The summed E-state index contributed by atoms with van der Waals surface area (Å²) < 4.78 is 35.9. The summed E-state index contributed by atoms with van der Waals surface area (Å²) in [7, 11) is 3.14. The highest BCUT2D eigenvalue weighted by atomic mass is 16.8. The summed E-state index contributed by atoms with van der Waals surface area (Å²) in [5.41, 5.74) is -2.59. The summed E-state index contributed by atoms with van der Waals surface area (Å²) in [6.07, 6.45) is -1.57. The normalized spacial score (nSPS) is 31.8. The minimum atomic E-state index is -2.79. The van der Waals surface area contributed by atoms with Crippen molar-refractivity contribution in [2.45, 2.75) is 62.9 Å². The minimum Gasteiger partial charge on any atom is -0.509 e. The molecule has 2 fully saturated rings. The van der Waals surface area contributed by atoms with Crippen LogP contribution in [0.4, 0.5) is 0 Å². The van der Waals surface area contributed by atoms with E-state index in [9.17, 15) is 34.5 Å². The van der Waals surface area contributed by atoms with E-state index in [1.165, 1.54) is 11.8 Å². The monoisotopic (exact) mass is 658 g/mol. The Bertz CT molecular complexity index is 1600. The van der Waals surface area contributed by atoms with Crippen LogP contribution in [0.3, 0.4) is 0 Å². The van der Waals surface area contributed by atoms with Crippen LogP contribution in [0, 0.1) is 11.8 Å². The van der Waals surface area contributed by atoms with E-state index < -0.39 is 82.2 Å². The van der Waals surface area contributed by atoms with Crippen molar-refractivity contribution in [1.82, 2.24) is 10.2 Å². The number of hydrogen-bond donors (Lipinski definition) is 4. The number of hydrogen-bond acceptors (Lipinski definition) is 14. The number of nitrogens with zero attached hydrogens (tertiary/aromatic N) is 1. The van der Waals surface area contributed by atoms with Crippen molar-refractivity contribution >= 4 is 23.8 Å². The molecule has 47 heavy (non-hydrogen) atoms. The number of likely N-dealkylation sites (N-methyl/N-ethyl adjacent to an activating group) is 1. The van der Waals surface area contributed by atoms with Crippen molar-refractivity contribution in [3.8, 4) is 5.75 Å². The maximum Gasteiger partial charge on any atom is 0.308 e. The number of aliphatic hydroxyl groups is 3. The van der Waals surface area contributed by atoms with E-state index in [0.29, 0.717) is 5.56 Å². The van der Waals surface area contributed by atoms with Crippen LogP contribution in [0.5, 0.6) is 5.75 Å². The predicted molar refractivity (Wildman–Crippen MR) is 157 cm³/mol. The molecule has 0 unspecified atom stereocenters. The lowest BCUT2D eigenvalue weighted by Gasteiger charge is -2.61. The molecule has 0 radical (unpaired) electrons. The number of carbonyl (C=O) groups is 4. The standard InChI is InChI=1S/C32H38N2O13/c1-14-18-8-7-9-19(46-16(3)36)21(18)31(42-10-11-43-31)22-20(14)26(38)23-25(34(5)6)27(47-17(4)37)24(29(40)33-15(2)35)32(44-12-13-45-32)30(23,41)28(22)39/h7-9,14,20,23,25-26,38-39,41H,10-13H2,1-6H3,(H,33,35,40)/t14-,20+,23+,25-,26-,30-/m0/s1. The second-order valence-corrected chi connectivity index (χ2v) is 12.6. The highest BCUT2D eigenvalue weighted by Crippen LogP contribution is 2.65. The van der Waals surface area contributed by atoms with Gasteiger partial charge < -0.3 is 43.7 Å². The van der Waals surface area contributed by atoms with Crippen molar-refractivity contribution in [2.24, 2.45) is 11.8 Å². The summed E-state index contributed by atoms with van der Waals surface area (Å²) in [5.74, 6) is -12.0. The molecule has 254 valence electrons. The number of rotatable bonds is 4. The van der Waals surface area contributed by atoms with Gasteiger partial charge in [0.05, 0.1) is 50.1 Å². The number of fused-ring (bicyclic) bond motifs is 6. The number of ether oxygens (including phenoxy) is 6. The molecule has 0 aromatic heterocycles. The molecular formula is C32H38N2O13. The predicted octanol–water partition coefficient (Wildman–Crippen LogP) is 0.246. The lowest BCUT2D eigenvalue weighted by atomic mass is 9.53. The Labute approximate surface area is 270 Å². The van der Waals surface area contributed by atoms with Crippen molar-refractivity contribution in [3.63, 3.8) is 0 Å². The van der Waals surface area contributed by atoms with Gasteiger partial charge in [-0.3, -0.25) is 29.4 Å². The first kappa shape index (κ1) is 33.2. The third-order valence-electron chi connectivity index (χ3n) is 9.59. The average Bonchev–Trinajstić information content (AvgIpc) is 3.66. The second kappa shape index (κ2) is 11.5. The van der Waals surface area contributed by atoms with Gasteiger partial charge in [0.15, 0.2) is 5.60 Å². The molecule has 2 heterocycles. The molecule has 1 aromatic carbocycles. The maximum atomic E-state index is 13.9. The fraction of sp³-hybridized carbons (Fsp3) is 0.562. The molecular weight excluding hydrogens is 620 g/mol. The number of nitrogens with one attached hydrogen (secondary N) is 1. The van der Waals surface area contributed by atoms with Gasteiger partial charge in [-0.2, -0.15) is 0 Å². The van der Waals surface area contributed by atoms with Crippen LogP contribution >= 0.6 is 0 Å². The molecule has 0 saturated carbocycles. The molecule has 2 amide bonds. The molecule has 2 saturated heterocycles. The van der Waals surface area contributed by atoms with E-state index in [4.69, 9.17) is 28.4 Å². The Morgan fingerprint density at radius 3 is 2.11 bits per heavy atom. The number of carbonyl (C=O) groups excluding carboxylic acids is 4. The van der Waals surface area contributed by atoms with Gasteiger partial charge in [-0.15, -0.1) is 0 Å². The van der Waals surface area contributed by atoms with Gasteiger partial charge >= 0.3 is 11.9 Å². The zero-order chi connectivity index (χ0) is 34.2. The molecule has 2 spiro atoms. The fourth-order valence-electron chi connectivity index (χ4n) is 8.18. The van der Waals surface area contributed by atoms with Gasteiger partial charge in [-0.05, 0) is 31.6 Å². The molecule has 5 aliphatic rings. The van der Waals surface area contributed by atoms with E-state index in [1.54, 1.807) is 39.2 Å². The van der Waals surface area contributed by atoms with Crippen molar-refractivity contribution < 1.29 is 62.9 Å². The van der Waals surface area contributed by atoms with Gasteiger partial charge in [0.25, 0.3) is 5.91 Å². The Morgan fingerprint density at radius 2 is 1.55 bits per heavy atom. The lowest BCUT2D eigenvalue weighted by Crippen LogP contribution is -2.76. The summed E-state index contributed by atoms with van der Waals surface area (Å²) >= 11 is 0. The third-order valence-corrected chi connectivity index (χ3v) is 9.59. The zero-order valence-electron chi connectivity index (χ0n) is 26.8. The smallest absolute Gasteiger partial charge is 0.308 e. The van der Waals surface area contributed by atoms with Crippen molar-refractivity contribution in [1.29, 1.82) is 0 Å². The molecule has 0 bridgehead atoms. The molecule has 15 heteroatoms. The summed E-state index contributed by atoms with van der Waals surface area (Å²) in [6, 6.07) is 3.72. The molecule has 15 nitrogen and oxygen atoms in total. The average molecular weight is 659 g/mol.